The number of likely N-dealkylation sites (N-methyl/N-ethyl adjacent to an activating group) is 1. The van der Waals surface area contributed by atoms with Gasteiger partial charge in [-0.3, -0.25) is 9.80 Å². The SMILES string of the molecule is CN1CCN([C@@H]2CCC[C@@H](N(C)C(C)(C)C)C2)CC1. The second-order valence-electron chi connectivity index (χ2n) is 7.60. The van der Waals surface area contributed by atoms with Crippen LogP contribution in [0.25, 0.3) is 0 Å². The molecule has 112 valence electrons. The Morgan fingerprint density at radius 1 is 1.00 bits per heavy atom. The van der Waals surface area contributed by atoms with Crippen LogP contribution in [0.1, 0.15) is 46.5 Å². The van der Waals surface area contributed by atoms with E-state index in [9.17, 15) is 0 Å². The summed E-state index contributed by atoms with van der Waals surface area (Å²) >= 11 is 0. The minimum atomic E-state index is 0.300. The fourth-order valence-corrected chi connectivity index (χ4v) is 3.56. The molecule has 1 saturated heterocycles. The maximum absolute atomic E-state index is 2.75. The molecule has 0 N–H and O–H groups in total. The molecular formula is C16H33N3. The fraction of sp³-hybridized carbons (Fsp3) is 1.00. The molecule has 0 amide bonds. The summed E-state index contributed by atoms with van der Waals surface area (Å²) in [5, 5.41) is 0. The molecule has 19 heavy (non-hydrogen) atoms. The highest BCUT2D eigenvalue weighted by Gasteiger charge is 2.33. The molecule has 2 atom stereocenters. The first-order valence-electron chi connectivity index (χ1n) is 8.03. The smallest absolute Gasteiger partial charge is 0.0124 e. The van der Waals surface area contributed by atoms with Gasteiger partial charge in [0.1, 0.15) is 0 Å². The summed E-state index contributed by atoms with van der Waals surface area (Å²) in [6.45, 7) is 12.1. The van der Waals surface area contributed by atoms with E-state index in [4.69, 9.17) is 0 Å². The van der Waals surface area contributed by atoms with Gasteiger partial charge in [-0.05, 0) is 54.1 Å². The summed E-state index contributed by atoms with van der Waals surface area (Å²) in [4.78, 5) is 7.82. The highest BCUT2D eigenvalue weighted by molar-refractivity contribution is 4.89. The predicted octanol–water partition coefficient (Wildman–Crippen LogP) is 2.28. The third kappa shape index (κ3) is 3.93. The van der Waals surface area contributed by atoms with Gasteiger partial charge in [-0.2, -0.15) is 0 Å². The molecule has 3 heteroatoms. The van der Waals surface area contributed by atoms with Crippen LogP contribution >= 0.6 is 0 Å². The normalized spacial score (nSPS) is 31.9. The van der Waals surface area contributed by atoms with Crippen molar-refractivity contribution >= 4 is 0 Å². The summed E-state index contributed by atoms with van der Waals surface area (Å²) in [6, 6.07) is 1.61. The molecule has 1 aliphatic carbocycles. The number of hydrogen-bond donors (Lipinski definition) is 0. The Labute approximate surface area is 119 Å². The lowest BCUT2D eigenvalue weighted by Gasteiger charge is -2.46. The Bertz CT molecular complexity index is 276. The standard InChI is InChI=1S/C16H33N3/c1-16(2,3)18(5)14-7-6-8-15(13-14)19-11-9-17(4)10-12-19/h14-15H,6-13H2,1-5H3/t14-,15-/m1/s1. The summed E-state index contributed by atoms with van der Waals surface area (Å²) in [6.07, 6.45) is 5.58. The van der Waals surface area contributed by atoms with Gasteiger partial charge in [-0.15, -0.1) is 0 Å². The molecule has 2 fully saturated rings. The van der Waals surface area contributed by atoms with Crippen LogP contribution in [0.3, 0.4) is 0 Å². The van der Waals surface area contributed by atoms with Crippen LogP contribution < -0.4 is 0 Å². The van der Waals surface area contributed by atoms with Crippen molar-refractivity contribution in [1.29, 1.82) is 0 Å². The summed E-state index contributed by atoms with van der Waals surface area (Å²) in [5.74, 6) is 0. The highest BCUT2D eigenvalue weighted by atomic mass is 15.3. The molecule has 3 nitrogen and oxygen atoms in total. The molecule has 0 aromatic carbocycles. The number of piperazine rings is 1. The van der Waals surface area contributed by atoms with Gasteiger partial charge >= 0.3 is 0 Å². The molecule has 1 aliphatic heterocycles. The molecule has 0 spiro atoms. The minimum Gasteiger partial charge on any atom is -0.304 e. The molecule has 2 rings (SSSR count). The zero-order valence-electron chi connectivity index (χ0n) is 13.7. The van der Waals surface area contributed by atoms with E-state index in [0.717, 1.165) is 12.1 Å². The Hall–Kier alpha value is -0.120. The van der Waals surface area contributed by atoms with Gasteiger partial charge in [0.2, 0.25) is 0 Å². The molecule has 0 radical (unpaired) electrons. The van der Waals surface area contributed by atoms with Crippen LogP contribution in [0.5, 0.6) is 0 Å². The number of nitrogens with zero attached hydrogens (tertiary/aromatic N) is 3. The van der Waals surface area contributed by atoms with Gasteiger partial charge in [0.05, 0.1) is 0 Å². The molecule has 0 unspecified atom stereocenters. The van der Waals surface area contributed by atoms with Gasteiger partial charge in [0.15, 0.2) is 0 Å². The third-order valence-corrected chi connectivity index (χ3v) is 5.28. The van der Waals surface area contributed by atoms with E-state index < -0.39 is 0 Å². The topological polar surface area (TPSA) is 9.72 Å². The fourth-order valence-electron chi connectivity index (χ4n) is 3.56. The van der Waals surface area contributed by atoms with E-state index in [-0.39, 0.29) is 0 Å². The van der Waals surface area contributed by atoms with E-state index in [1.165, 1.54) is 51.9 Å². The lowest BCUT2D eigenvalue weighted by Crippen LogP contribution is -2.54. The second-order valence-corrected chi connectivity index (χ2v) is 7.60. The van der Waals surface area contributed by atoms with Crippen LogP contribution in [0.4, 0.5) is 0 Å². The van der Waals surface area contributed by atoms with Crippen LogP contribution in [0.2, 0.25) is 0 Å². The average molecular weight is 267 g/mol. The van der Waals surface area contributed by atoms with Crippen molar-refractivity contribution in [3.8, 4) is 0 Å². The highest BCUT2D eigenvalue weighted by Crippen LogP contribution is 2.29. The Morgan fingerprint density at radius 2 is 1.63 bits per heavy atom. The van der Waals surface area contributed by atoms with Crippen LogP contribution in [0, 0.1) is 0 Å². The summed E-state index contributed by atoms with van der Waals surface area (Å²) < 4.78 is 0. The van der Waals surface area contributed by atoms with Gasteiger partial charge < -0.3 is 4.90 Å². The van der Waals surface area contributed by atoms with Crippen LogP contribution in [0.15, 0.2) is 0 Å². The second kappa shape index (κ2) is 6.11. The van der Waals surface area contributed by atoms with Gasteiger partial charge in [0, 0.05) is 43.8 Å². The monoisotopic (exact) mass is 267 g/mol. The van der Waals surface area contributed by atoms with Crippen molar-refractivity contribution in [2.45, 2.75) is 64.1 Å². The van der Waals surface area contributed by atoms with Crippen molar-refractivity contribution < 1.29 is 0 Å². The van der Waals surface area contributed by atoms with Crippen molar-refractivity contribution in [3.05, 3.63) is 0 Å². The lowest BCUT2D eigenvalue weighted by atomic mass is 9.87. The molecule has 1 heterocycles. The van der Waals surface area contributed by atoms with Gasteiger partial charge in [0.25, 0.3) is 0 Å². The first kappa shape index (κ1) is 15.3. The van der Waals surface area contributed by atoms with Gasteiger partial charge in [-0.1, -0.05) is 6.42 Å². The molecular weight excluding hydrogens is 234 g/mol. The predicted molar refractivity (Wildman–Crippen MR) is 82.6 cm³/mol. The molecule has 0 aromatic rings. The third-order valence-electron chi connectivity index (χ3n) is 5.28. The zero-order valence-corrected chi connectivity index (χ0v) is 13.7. The quantitative estimate of drug-likeness (QED) is 0.760. The molecule has 0 aromatic heterocycles. The largest absolute Gasteiger partial charge is 0.304 e. The van der Waals surface area contributed by atoms with Crippen molar-refractivity contribution in [2.24, 2.45) is 0 Å². The first-order valence-corrected chi connectivity index (χ1v) is 8.03. The van der Waals surface area contributed by atoms with Crippen LogP contribution in [-0.4, -0.2) is 72.6 Å². The zero-order chi connectivity index (χ0) is 14.0. The first-order chi connectivity index (χ1) is 8.88. The van der Waals surface area contributed by atoms with Crippen LogP contribution in [-0.2, 0) is 0 Å². The van der Waals surface area contributed by atoms with E-state index >= 15 is 0 Å². The Kier molecular flexibility index (Phi) is 4.91. The average Bonchev–Trinajstić information content (AvgIpc) is 2.38. The maximum Gasteiger partial charge on any atom is 0.0124 e. The number of hydrogen-bond acceptors (Lipinski definition) is 3. The molecule has 2 aliphatic rings. The van der Waals surface area contributed by atoms with Gasteiger partial charge in [-0.25, -0.2) is 0 Å². The van der Waals surface area contributed by atoms with E-state index in [0.29, 0.717) is 5.54 Å². The summed E-state index contributed by atoms with van der Waals surface area (Å²) in [5.41, 5.74) is 0.300. The molecule has 1 saturated carbocycles. The lowest BCUT2D eigenvalue weighted by molar-refractivity contribution is 0.0341. The summed E-state index contributed by atoms with van der Waals surface area (Å²) in [7, 11) is 4.56. The van der Waals surface area contributed by atoms with Crippen molar-refractivity contribution in [1.82, 2.24) is 14.7 Å². The Morgan fingerprint density at radius 3 is 2.21 bits per heavy atom. The number of rotatable bonds is 2. The van der Waals surface area contributed by atoms with Crippen molar-refractivity contribution in [2.75, 3.05) is 40.3 Å². The molecule has 0 bridgehead atoms. The van der Waals surface area contributed by atoms with E-state index in [1.54, 1.807) is 0 Å². The van der Waals surface area contributed by atoms with Crippen molar-refractivity contribution in [3.63, 3.8) is 0 Å². The maximum atomic E-state index is 2.75. The van der Waals surface area contributed by atoms with E-state index in [2.05, 4.69) is 49.6 Å². The Balaban J connectivity index is 1.90. The van der Waals surface area contributed by atoms with E-state index in [1.807, 2.05) is 0 Å². The minimum absolute atomic E-state index is 0.300.